The average molecular weight is 2060 g/mol. The number of benzene rings is 6. The maximum Gasteiger partial charge on any atom is 0.422 e. The van der Waals surface area contributed by atoms with Crippen LogP contribution in [0.4, 0.5) is 92.2 Å². The number of hydroxylamine groups is 2. The van der Waals surface area contributed by atoms with E-state index in [4.69, 9.17) is 13.4 Å². The molecule has 3 unspecified atom stereocenters. The first-order chi connectivity index (χ1) is 62.7. The molecule has 1 aliphatic heterocycles. The second-order valence-corrected chi connectivity index (χ2v) is 30.0. The van der Waals surface area contributed by atoms with Crippen LogP contribution in [-0.2, 0) is 92.5 Å². The summed E-state index contributed by atoms with van der Waals surface area (Å²) in [5.74, 6) is -24.0. The van der Waals surface area contributed by atoms with Gasteiger partial charge < -0.3 is 28.9 Å². The fraction of sp³-hybridized carbons (Fsp3) is 0.306. The van der Waals surface area contributed by atoms with E-state index in [-0.39, 0.29) is 76.1 Å². The Kier molecular flexibility index (Phi) is 37.2. The van der Waals surface area contributed by atoms with E-state index in [1.54, 1.807) is 6.92 Å². The molecule has 1 fully saturated rings. The zero-order chi connectivity index (χ0) is 97.1. The standard InChI is InChI=1S/C26H21F7IN6O3.C26H20F7N5O3.C23H16F7N5O2.C7H9NO4.3CH4/c27-18-4-7-20(21(28)11-18)24(13-40-15-37-38-39-40,43-23(41)9-10-34-35)26(32,33)22-8-3-17(12-36-22)16-1-5-19(6-2-16)42-14-25(29,30)31;1-2-23(39)41-24(13-38-15-35-36-37-38,20-9-6-18(27)11-21(20)28)26(32,33)22-10-5-17(12-34-22)16-3-7-19(8-4-16)40-14-25(29,30)31;24-16-4-7-18(19(25)9-16)21(36,11-35-13-32-33-34-35)23(29,30)20-8-3-15(10-31-20)14-1-5-17(6-2-14)37-12-22(26,27)28;1-2-7(11)12-8-5(9)3-4-6(8)10;;;/h1-8,11-12,15H,9-10,13-14,35H2;3-12,15H,2,13-14H2,1H3;1-10,13,36H,11-12H2;2-4H2,1H3;3*1H4/q-1;;;;;;. The Morgan fingerprint density at radius 1 is 0.404 bits per heavy atom. The van der Waals surface area contributed by atoms with E-state index in [2.05, 4.69) is 80.6 Å². The van der Waals surface area contributed by atoms with Gasteiger partial charge >= 0.3 is 244 Å². The van der Waals surface area contributed by atoms with Crippen molar-refractivity contribution in [3.63, 3.8) is 0 Å². The summed E-state index contributed by atoms with van der Waals surface area (Å²) < 4.78 is 328. The normalized spacial score (nSPS) is 13.6. The van der Waals surface area contributed by atoms with Gasteiger partial charge in [0, 0.05) is 72.5 Å². The van der Waals surface area contributed by atoms with Gasteiger partial charge in [-0.25, -0.2) is 31.7 Å². The van der Waals surface area contributed by atoms with Gasteiger partial charge in [-0.15, -0.1) is 15.3 Å². The Balaban J connectivity index is 0.000000259. The number of aliphatic hydroxyl groups is 1. The minimum absolute atomic E-state index is 0. The molecule has 12 aromatic rings. The number of esters is 2. The number of hydrogen-bond acceptors (Lipinski definition) is 25. The molecule has 13 rings (SSSR count). The number of tetrazole rings is 3. The van der Waals surface area contributed by atoms with Crippen LogP contribution < -0.4 is 39.6 Å². The van der Waals surface area contributed by atoms with Crippen molar-refractivity contribution in [2.45, 2.75) is 141 Å². The van der Waals surface area contributed by atoms with Crippen molar-refractivity contribution >= 4 is 29.7 Å². The maximum atomic E-state index is 16.7. The number of carbonyl (C=O) groups is 5. The molecule has 0 aliphatic carbocycles. The van der Waals surface area contributed by atoms with Crippen LogP contribution in [0.3, 0.4) is 0 Å². The number of ether oxygens (including phenoxy) is 5. The second-order valence-electron chi connectivity index (χ2n) is 28.0. The molecule has 3 N–H and O–H groups in total. The molecule has 3 atom stereocenters. The molecule has 0 bridgehead atoms. The fourth-order valence-corrected chi connectivity index (χ4v) is 13.1. The van der Waals surface area contributed by atoms with Gasteiger partial charge in [0.05, 0.1) is 13.1 Å². The van der Waals surface area contributed by atoms with Gasteiger partial charge in [-0.1, -0.05) is 72.5 Å². The van der Waals surface area contributed by atoms with Crippen LogP contribution in [0, 0.1) is 34.9 Å². The monoisotopic (exact) mass is 2050 g/mol. The first-order valence-corrected chi connectivity index (χ1v) is 40.9. The number of aromatic nitrogens is 15. The van der Waals surface area contributed by atoms with Crippen LogP contribution in [0.2, 0.25) is 0 Å². The molecule has 7 heterocycles. The summed E-state index contributed by atoms with van der Waals surface area (Å²) in [6, 6.07) is 27.9. The average Bonchev–Trinajstić information content (AvgIpc) is 0.909. The molecule has 0 saturated carbocycles. The van der Waals surface area contributed by atoms with Crippen molar-refractivity contribution in [3.8, 4) is 50.6 Å². The summed E-state index contributed by atoms with van der Waals surface area (Å²) in [5, 5.41) is 42.4. The number of rotatable bonds is 32. The summed E-state index contributed by atoms with van der Waals surface area (Å²) in [4.78, 5) is 73.6. The summed E-state index contributed by atoms with van der Waals surface area (Å²) in [5.41, 5.74) is -12.8. The topological polar surface area (TPSA) is 360 Å². The van der Waals surface area contributed by atoms with Gasteiger partial charge in [-0.05, 0) is 105 Å². The number of imide groups is 1. The molecule has 0 spiro atoms. The van der Waals surface area contributed by atoms with E-state index in [1.807, 2.05) is 0 Å². The quantitative estimate of drug-likeness (QED) is 0.00987. The molecule has 51 heteroatoms. The second kappa shape index (κ2) is 46.4. The molecule has 1 saturated heterocycles. The van der Waals surface area contributed by atoms with Crippen molar-refractivity contribution in [3.05, 3.63) is 270 Å². The Bertz CT molecular complexity index is 5900. The molecule has 6 aromatic carbocycles. The van der Waals surface area contributed by atoms with Gasteiger partial charge in [-0.3, -0.25) is 24.4 Å². The van der Waals surface area contributed by atoms with E-state index in [1.165, 1.54) is 97.9 Å². The Hall–Kier alpha value is -13.9. The van der Waals surface area contributed by atoms with Crippen molar-refractivity contribution < 1.29 is 171 Å². The van der Waals surface area contributed by atoms with Crippen LogP contribution in [0.5, 0.6) is 17.2 Å². The molecule has 136 heavy (non-hydrogen) atoms. The van der Waals surface area contributed by atoms with Gasteiger partial charge in [-0.2, -0.15) is 57.1 Å². The van der Waals surface area contributed by atoms with E-state index in [0.717, 1.165) is 100 Å². The molecule has 6 aromatic heterocycles. The Morgan fingerprint density at radius 3 is 1.00 bits per heavy atom. The van der Waals surface area contributed by atoms with Crippen molar-refractivity contribution in [1.82, 2.24) is 80.6 Å². The number of pyridine rings is 3. The number of nitrogens with two attached hydrogens (primary N) is 1. The summed E-state index contributed by atoms with van der Waals surface area (Å²) in [6.45, 7) is -4.47. The minimum Gasteiger partial charge on any atom is -0.484 e. The van der Waals surface area contributed by atoms with Gasteiger partial charge in [0.15, 0.2) is 25.4 Å². The third kappa shape index (κ3) is 27.5. The fourth-order valence-electron chi connectivity index (χ4n) is 12.3. The summed E-state index contributed by atoms with van der Waals surface area (Å²) in [6.07, 6.45) is -7.84. The van der Waals surface area contributed by atoms with E-state index < -0.39 is 212 Å². The number of halogens is 22. The zero-order valence-corrected chi connectivity index (χ0v) is 70.2. The minimum atomic E-state index is -4.53. The predicted molar refractivity (Wildman–Crippen MR) is 429 cm³/mol. The van der Waals surface area contributed by atoms with Gasteiger partial charge in [0.2, 0.25) is 5.60 Å². The Labute approximate surface area is 768 Å². The third-order valence-electron chi connectivity index (χ3n) is 18.8. The van der Waals surface area contributed by atoms with Crippen molar-refractivity contribution in [2.24, 2.45) is 3.95 Å². The third-order valence-corrected chi connectivity index (χ3v) is 19.9. The number of nitrogens with zero attached hydrogens (tertiary/aromatic N) is 16. The molecular formula is C85H78F21IN17O12-. The van der Waals surface area contributed by atoms with Crippen LogP contribution in [-0.4, -0.2) is 158 Å². The largest absolute Gasteiger partial charge is 0.484 e. The molecule has 730 valence electrons. The summed E-state index contributed by atoms with van der Waals surface area (Å²) >= 11 is -0.906. The molecule has 1 aliphatic rings. The van der Waals surface area contributed by atoms with Crippen molar-refractivity contribution in [2.75, 3.05) is 24.2 Å². The number of hydrogen-bond donors (Lipinski definition) is 2. The van der Waals surface area contributed by atoms with Crippen LogP contribution in [0.15, 0.2) is 201 Å². The van der Waals surface area contributed by atoms with Crippen molar-refractivity contribution in [1.29, 1.82) is 0 Å². The number of alkyl halides is 16. The van der Waals surface area contributed by atoms with E-state index >= 15 is 35.1 Å². The maximum absolute atomic E-state index is 16.7. The molecular weight excluding hydrogens is 1980 g/mol. The first-order valence-electron chi connectivity index (χ1n) is 38.2. The smallest absolute Gasteiger partial charge is 0.422 e. The zero-order valence-electron chi connectivity index (χ0n) is 68.0. The van der Waals surface area contributed by atoms with Crippen LogP contribution in [0.25, 0.3) is 33.4 Å². The van der Waals surface area contributed by atoms with Crippen LogP contribution in [0.1, 0.15) is 102 Å². The SMILES string of the molecule is C.C.C.CCC(=O)OC(Cn1cnnn1)(c1ccc(F)cc1F)C(F)(F)c1ccc(-c2ccc(OCC(F)(F)F)cc2)cn1.CCC(=O)ON1C(=O)CCC1=O.N[I-]CCC(=O)OC(Cn1cnnn1)(c1ccc(F)cc1F)C(F)(F)c1ccc(-c2ccc(OCC(F)(F)F)cc2)cn1.OC(Cn1cnnn1)(c1ccc(F)cc1F)C(F)(F)c1ccc(-c2ccc(OCC(F)(F)F)cc2)cn1. The van der Waals surface area contributed by atoms with E-state index in [0.29, 0.717) is 62.7 Å². The molecule has 0 radical (unpaired) electrons. The molecule has 29 nitrogen and oxygen atoms in total. The van der Waals surface area contributed by atoms with E-state index in [9.17, 15) is 86.2 Å². The molecule has 2 amide bonds. The number of carbonyl (C=O) groups excluding carboxylic acids is 5. The predicted octanol–water partition coefficient (Wildman–Crippen LogP) is 13.7. The Morgan fingerprint density at radius 2 is 0.713 bits per heavy atom. The van der Waals surface area contributed by atoms with Gasteiger partial charge in [0.25, 0.3) is 11.8 Å². The summed E-state index contributed by atoms with van der Waals surface area (Å²) in [7, 11) is 0. The number of amides is 2. The first kappa shape index (κ1) is 109. The van der Waals surface area contributed by atoms with Crippen LogP contribution >= 0.6 is 0 Å². The van der Waals surface area contributed by atoms with Gasteiger partial charge in [0.1, 0.15) is 64.6 Å².